The van der Waals surface area contributed by atoms with Gasteiger partial charge in [0.2, 0.25) is 0 Å². The number of nitrogens with zero attached hydrogens (tertiary/aromatic N) is 4. The van der Waals surface area contributed by atoms with Gasteiger partial charge in [-0.3, -0.25) is 9.69 Å². The van der Waals surface area contributed by atoms with Crippen LogP contribution in [0.15, 0.2) is 24.5 Å². The van der Waals surface area contributed by atoms with Crippen molar-refractivity contribution in [1.82, 2.24) is 14.9 Å². The Morgan fingerprint density at radius 3 is 2.92 bits per heavy atom. The molecule has 0 N–H and O–H groups in total. The number of hydrogen-bond acceptors (Lipinski definition) is 6. The number of carbonyl (C=O) groups excluding carboxylic acids is 1. The number of aryl methyl sites for hydroxylation is 1. The summed E-state index contributed by atoms with van der Waals surface area (Å²) in [6.07, 6.45) is 2.63. The summed E-state index contributed by atoms with van der Waals surface area (Å²) in [5.74, 6) is 0.843. The summed E-state index contributed by atoms with van der Waals surface area (Å²) < 4.78 is 5.05. The van der Waals surface area contributed by atoms with E-state index in [1.807, 2.05) is 13.0 Å². The standard InChI is InChI=1S/C18H24N4O2/c1-3-24-17(23)12-21-7-4-8-22(10-9-21)18-15-11-14(2)5-6-16(15)19-13-20-18/h5-6,11,13H,3-4,7-10,12H2,1-2H3. The van der Waals surface area contributed by atoms with E-state index in [0.29, 0.717) is 13.2 Å². The third-order valence-electron chi connectivity index (χ3n) is 4.32. The second-order valence-electron chi connectivity index (χ2n) is 6.14. The Kier molecular flexibility index (Phi) is 5.25. The highest BCUT2D eigenvalue weighted by molar-refractivity contribution is 5.89. The van der Waals surface area contributed by atoms with Crippen LogP contribution < -0.4 is 4.90 Å². The summed E-state index contributed by atoms with van der Waals surface area (Å²) in [6.45, 7) is 8.23. The van der Waals surface area contributed by atoms with Crippen molar-refractivity contribution in [3.05, 3.63) is 30.1 Å². The predicted molar refractivity (Wildman–Crippen MR) is 94.2 cm³/mol. The van der Waals surface area contributed by atoms with Gasteiger partial charge >= 0.3 is 5.97 Å². The molecule has 1 fully saturated rings. The SMILES string of the molecule is CCOC(=O)CN1CCCN(c2ncnc3ccc(C)cc23)CC1. The van der Waals surface area contributed by atoms with Gasteiger partial charge in [-0.05, 0) is 32.4 Å². The van der Waals surface area contributed by atoms with Crippen LogP contribution in [-0.2, 0) is 9.53 Å². The second-order valence-corrected chi connectivity index (χ2v) is 6.14. The first-order chi connectivity index (χ1) is 11.7. The summed E-state index contributed by atoms with van der Waals surface area (Å²) in [5.41, 5.74) is 2.18. The van der Waals surface area contributed by atoms with E-state index in [1.165, 1.54) is 5.56 Å². The fraction of sp³-hybridized carbons (Fsp3) is 0.500. The molecule has 0 atom stereocenters. The maximum Gasteiger partial charge on any atom is 0.320 e. The molecule has 0 spiro atoms. The number of ether oxygens (including phenoxy) is 1. The maximum absolute atomic E-state index is 11.7. The molecule has 0 bridgehead atoms. The molecule has 6 nitrogen and oxygen atoms in total. The quantitative estimate of drug-likeness (QED) is 0.800. The summed E-state index contributed by atoms with van der Waals surface area (Å²) in [6, 6.07) is 6.26. The van der Waals surface area contributed by atoms with E-state index in [1.54, 1.807) is 6.33 Å². The molecule has 0 amide bonds. The fourth-order valence-corrected chi connectivity index (χ4v) is 3.14. The lowest BCUT2D eigenvalue weighted by Crippen LogP contribution is -2.35. The number of carbonyl (C=O) groups is 1. The largest absolute Gasteiger partial charge is 0.465 e. The van der Waals surface area contributed by atoms with E-state index in [9.17, 15) is 4.79 Å². The molecule has 3 rings (SSSR count). The minimum absolute atomic E-state index is 0.144. The topological polar surface area (TPSA) is 58.6 Å². The lowest BCUT2D eigenvalue weighted by atomic mass is 10.1. The van der Waals surface area contributed by atoms with Gasteiger partial charge in [0.05, 0.1) is 18.7 Å². The molecule has 1 aliphatic rings. The molecule has 0 aliphatic carbocycles. The zero-order valence-electron chi connectivity index (χ0n) is 14.4. The lowest BCUT2D eigenvalue weighted by Gasteiger charge is -2.23. The first-order valence-electron chi connectivity index (χ1n) is 8.51. The average Bonchev–Trinajstić information content (AvgIpc) is 2.80. The van der Waals surface area contributed by atoms with Gasteiger partial charge in [0.15, 0.2) is 0 Å². The summed E-state index contributed by atoms with van der Waals surface area (Å²) in [4.78, 5) is 25.0. The van der Waals surface area contributed by atoms with Gasteiger partial charge in [-0.25, -0.2) is 9.97 Å². The second kappa shape index (κ2) is 7.57. The molecule has 2 heterocycles. The highest BCUT2D eigenvalue weighted by Crippen LogP contribution is 2.24. The molecule has 0 radical (unpaired) electrons. The van der Waals surface area contributed by atoms with Crippen LogP contribution in [0.25, 0.3) is 10.9 Å². The highest BCUT2D eigenvalue weighted by atomic mass is 16.5. The van der Waals surface area contributed by atoms with E-state index in [2.05, 4.69) is 38.8 Å². The van der Waals surface area contributed by atoms with Gasteiger partial charge in [0.1, 0.15) is 12.1 Å². The molecule has 6 heteroatoms. The minimum Gasteiger partial charge on any atom is -0.465 e. The van der Waals surface area contributed by atoms with Crippen LogP contribution in [0, 0.1) is 6.92 Å². The van der Waals surface area contributed by atoms with Crippen LogP contribution in [0.3, 0.4) is 0 Å². The van der Waals surface area contributed by atoms with Crippen molar-refractivity contribution in [2.75, 3.05) is 44.2 Å². The van der Waals surface area contributed by atoms with Crippen molar-refractivity contribution in [2.45, 2.75) is 20.3 Å². The Morgan fingerprint density at radius 2 is 2.08 bits per heavy atom. The monoisotopic (exact) mass is 328 g/mol. The number of esters is 1. The molecular weight excluding hydrogens is 304 g/mol. The van der Waals surface area contributed by atoms with Crippen LogP contribution in [0.5, 0.6) is 0 Å². The molecule has 1 aliphatic heterocycles. The van der Waals surface area contributed by atoms with Crippen LogP contribution in [0.4, 0.5) is 5.82 Å². The highest BCUT2D eigenvalue weighted by Gasteiger charge is 2.20. The van der Waals surface area contributed by atoms with E-state index in [-0.39, 0.29) is 5.97 Å². The average molecular weight is 328 g/mol. The zero-order chi connectivity index (χ0) is 16.9. The third kappa shape index (κ3) is 3.82. The van der Waals surface area contributed by atoms with E-state index < -0.39 is 0 Å². The van der Waals surface area contributed by atoms with Crippen molar-refractivity contribution >= 4 is 22.7 Å². The van der Waals surface area contributed by atoms with E-state index in [0.717, 1.165) is 49.3 Å². The van der Waals surface area contributed by atoms with Gasteiger partial charge in [-0.2, -0.15) is 0 Å². The Balaban J connectivity index is 1.75. The molecule has 0 saturated carbocycles. The van der Waals surface area contributed by atoms with Gasteiger partial charge in [-0.1, -0.05) is 11.6 Å². The normalized spacial score (nSPS) is 16.2. The van der Waals surface area contributed by atoms with Gasteiger partial charge in [0, 0.05) is 31.6 Å². The van der Waals surface area contributed by atoms with Gasteiger partial charge in [-0.15, -0.1) is 0 Å². The molecular formula is C18H24N4O2. The number of hydrogen-bond donors (Lipinski definition) is 0. The summed E-state index contributed by atoms with van der Waals surface area (Å²) in [7, 11) is 0. The molecule has 1 aromatic carbocycles. The summed E-state index contributed by atoms with van der Waals surface area (Å²) >= 11 is 0. The van der Waals surface area contributed by atoms with Crippen molar-refractivity contribution in [1.29, 1.82) is 0 Å². The third-order valence-corrected chi connectivity index (χ3v) is 4.32. The summed E-state index contributed by atoms with van der Waals surface area (Å²) in [5, 5.41) is 1.09. The van der Waals surface area contributed by atoms with Crippen LogP contribution in [-0.4, -0.2) is 60.2 Å². The van der Waals surface area contributed by atoms with E-state index >= 15 is 0 Å². The van der Waals surface area contributed by atoms with Gasteiger partial charge in [0.25, 0.3) is 0 Å². The van der Waals surface area contributed by atoms with Crippen LogP contribution in [0.2, 0.25) is 0 Å². The Morgan fingerprint density at radius 1 is 1.21 bits per heavy atom. The number of fused-ring (bicyclic) bond motifs is 1. The zero-order valence-corrected chi connectivity index (χ0v) is 14.4. The molecule has 0 unspecified atom stereocenters. The fourth-order valence-electron chi connectivity index (χ4n) is 3.14. The molecule has 128 valence electrons. The predicted octanol–water partition coefficient (Wildman–Crippen LogP) is 2.01. The van der Waals surface area contributed by atoms with Crippen LogP contribution in [0.1, 0.15) is 18.9 Å². The van der Waals surface area contributed by atoms with Crippen molar-refractivity contribution in [3.8, 4) is 0 Å². The number of benzene rings is 1. The van der Waals surface area contributed by atoms with Gasteiger partial charge < -0.3 is 9.64 Å². The molecule has 24 heavy (non-hydrogen) atoms. The number of rotatable bonds is 4. The van der Waals surface area contributed by atoms with E-state index in [4.69, 9.17) is 4.74 Å². The minimum atomic E-state index is -0.144. The first-order valence-corrected chi connectivity index (χ1v) is 8.51. The number of aromatic nitrogens is 2. The Hall–Kier alpha value is -2.21. The maximum atomic E-state index is 11.7. The molecule has 1 aromatic heterocycles. The van der Waals surface area contributed by atoms with Crippen molar-refractivity contribution < 1.29 is 9.53 Å². The van der Waals surface area contributed by atoms with Crippen molar-refractivity contribution in [2.24, 2.45) is 0 Å². The molecule has 2 aromatic rings. The van der Waals surface area contributed by atoms with Crippen molar-refractivity contribution in [3.63, 3.8) is 0 Å². The lowest BCUT2D eigenvalue weighted by molar-refractivity contribution is -0.144. The number of anilines is 1. The smallest absolute Gasteiger partial charge is 0.320 e. The van der Waals surface area contributed by atoms with Crippen LogP contribution >= 0.6 is 0 Å². The molecule has 1 saturated heterocycles. The Bertz CT molecular complexity index is 719. The first kappa shape index (κ1) is 16.6. The Labute approximate surface area is 142 Å².